The highest BCUT2D eigenvalue weighted by molar-refractivity contribution is 7.89. The van der Waals surface area contributed by atoms with Crippen LogP contribution in [0.15, 0.2) is 39.8 Å². The van der Waals surface area contributed by atoms with Crippen molar-refractivity contribution in [3.8, 4) is 0 Å². The lowest BCUT2D eigenvalue weighted by Gasteiger charge is -2.11. The van der Waals surface area contributed by atoms with Crippen LogP contribution in [0.2, 0.25) is 0 Å². The number of sulfonamides is 1. The van der Waals surface area contributed by atoms with Gasteiger partial charge >= 0.3 is 0 Å². The highest BCUT2D eigenvalue weighted by Gasteiger charge is 2.13. The Morgan fingerprint density at radius 1 is 1.31 bits per heavy atom. The van der Waals surface area contributed by atoms with E-state index in [0.717, 1.165) is 10.7 Å². The fourth-order valence-corrected chi connectivity index (χ4v) is 3.90. The van der Waals surface area contributed by atoms with Gasteiger partial charge in [-0.3, -0.25) is 9.98 Å². The van der Waals surface area contributed by atoms with Crippen LogP contribution in [0.1, 0.15) is 30.5 Å². The van der Waals surface area contributed by atoms with E-state index in [-0.39, 0.29) is 11.4 Å². The van der Waals surface area contributed by atoms with Crippen LogP contribution in [-0.4, -0.2) is 44.5 Å². The summed E-state index contributed by atoms with van der Waals surface area (Å²) in [5.41, 5.74) is 1.08. The predicted octanol–water partition coefficient (Wildman–Crippen LogP) is 1.30. The van der Waals surface area contributed by atoms with Crippen molar-refractivity contribution in [2.45, 2.75) is 31.2 Å². The van der Waals surface area contributed by atoms with E-state index < -0.39 is 10.0 Å². The summed E-state index contributed by atoms with van der Waals surface area (Å²) in [7, 11) is -1.88. The second-order valence-corrected chi connectivity index (χ2v) is 8.47. The highest BCUT2D eigenvalue weighted by atomic mass is 32.2. The van der Waals surface area contributed by atoms with Crippen molar-refractivity contribution in [1.29, 1.82) is 0 Å². The van der Waals surface area contributed by atoms with E-state index in [9.17, 15) is 8.42 Å². The van der Waals surface area contributed by atoms with E-state index in [1.54, 1.807) is 24.5 Å². The molecule has 26 heavy (non-hydrogen) atoms. The minimum Gasteiger partial charge on any atom is -0.355 e. The molecule has 0 fully saturated rings. The molecule has 0 aliphatic carbocycles. The Morgan fingerprint density at radius 2 is 2.12 bits per heavy atom. The molecule has 8 nitrogen and oxygen atoms in total. The molecule has 0 amide bonds. The average molecular weight is 397 g/mol. The maximum absolute atomic E-state index is 12.1. The first kappa shape index (κ1) is 20.3. The molecule has 2 rings (SSSR count). The minimum absolute atomic E-state index is 0.146. The van der Waals surface area contributed by atoms with Gasteiger partial charge in [0.05, 0.1) is 12.2 Å². The van der Waals surface area contributed by atoms with Crippen molar-refractivity contribution in [2.24, 2.45) is 4.99 Å². The summed E-state index contributed by atoms with van der Waals surface area (Å²) >= 11 is 1.61. The Hall–Kier alpha value is -2.04. The molecule has 0 atom stereocenters. The van der Waals surface area contributed by atoms with Gasteiger partial charge in [0.1, 0.15) is 9.90 Å². The summed E-state index contributed by atoms with van der Waals surface area (Å²) in [6, 6.07) is 3.09. The third-order valence-corrected chi connectivity index (χ3v) is 5.76. The quantitative estimate of drug-likeness (QED) is 0.353. The zero-order valence-corrected chi connectivity index (χ0v) is 16.7. The molecule has 0 aromatic carbocycles. The molecule has 0 aliphatic heterocycles. The van der Waals surface area contributed by atoms with Crippen molar-refractivity contribution in [3.63, 3.8) is 0 Å². The van der Waals surface area contributed by atoms with Crippen molar-refractivity contribution in [1.82, 2.24) is 25.3 Å². The lowest BCUT2D eigenvalue weighted by molar-refractivity contribution is 0.580. The number of rotatable bonds is 8. The number of guanidine groups is 1. The number of hydrogen-bond acceptors (Lipinski definition) is 6. The van der Waals surface area contributed by atoms with E-state index in [0.29, 0.717) is 25.0 Å². The lowest BCUT2D eigenvalue weighted by atomic mass is 10.2. The Morgan fingerprint density at radius 3 is 2.73 bits per heavy atom. The highest BCUT2D eigenvalue weighted by Crippen LogP contribution is 2.17. The maximum Gasteiger partial charge on any atom is 0.242 e. The monoisotopic (exact) mass is 396 g/mol. The van der Waals surface area contributed by atoms with Crippen molar-refractivity contribution >= 4 is 27.3 Å². The summed E-state index contributed by atoms with van der Waals surface area (Å²) < 4.78 is 26.7. The van der Waals surface area contributed by atoms with Gasteiger partial charge in [0.2, 0.25) is 10.0 Å². The number of pyridine rings is 1. The van der Waals surface area contributed by atoms with Crippen molar-refractivity contribution in [3.05, 3.63) is 40.6 Å². The average Bonchev–Trinajstić information content (AvgIpc) is 3.11. The summed E-state index contributed by atoms with van der Waals surface area (Å²) in [4.78, 5) is 12.6. The lowest BCUT2D eigenvalue weighted by Crippen LogP contribution is -2.41. The normalized spacial score (nSPS) is 12.4. The third kappa shape index (κ3) is 6.04. The third-order valence-electron chi connectivity index (χ3n) is 3.45. The first-order valence-electron chi connectivity index (χ1n) is 8.21. The van der Waals surface area contributed by atoms with Crippen LogP contribution in [0, 0.1) is 0 Å². The van der Waals surface area contributed by atoms with Gasteiger partial charge in [0.15, 0.2) is 5.96 Å². The van der Waals surface area contributed by atoms with Crippen LogP contribution in [-0.2, 0) is 16.6 Å². The van der Waals surface area contributed by atoms with E-state index in [1.807, 2.05) is 0 Å². The molecule has 2 aromatic heterocycles. The summed E-state index contributed by atoms with van der Waals surface area (Å²) in [6.07, 6.45) is 2.85. The second-order valence-electron chi connectivity index (χ2n) is 5.76. The first-order valence-corrected chi connectivity index (χ1v) is 10.6. The molecule has 0 spiro atoms. The standard InChI is InChI=1S/C16H24N6O2S2/c1-12(2)14-11-25-15(22-14)10-20-16(17-3)19-7-8-21-26(23,24)13-5-4-6-18-9-13/h4-6,9,11-12,21H,7-8,10H2,1-3H3,(H2,17,19,20). The van der Waals surface area contributed by atoms with Gasteiger partial charge in [-0.25, -0.2) is 18.1 Å². The van der Waals surface area contributed by atoms with E-state index in [1.165, 1.54) is 18.5 Å². The largest absolute Gasteiger partial charge is 0.355 e. The van der Waals surface area contributed by atoms with Gasteiger partial charge in [-0.15, -0.1) is 11.3 Å². The minimum atomic E-state index is -3.55. The van der Waals surface area contributed by atoms with Gasteiger partial charge in [-0.1, -0.05) is 13.8 Å². The van der Waals surface area contributed by atoms with Crippen LogP contribution in [0.25, 0.3) is 0 Å². The SMILES string of the molecule is CN=C(NCCNS(=O)(=O)c1cccnc1)NCc1nc(C(C)C)cs1. The topological polar surface area (TPSA) is 108 Å². The molecule has 0 radical (unpaired) electrons. The van der Waals surface area contributed by atoms with Crippen LogP contribution in [0.4, 0.5) is 0 Å². The number of aromatic nitrogens is 2. The molecule has 0 saturated heterocycles. The number of nitrogens with one attached hydrogen (secondary N) is 3. The van der Waals surface area contributed by atoms with Gasteiger partial charge in [0.25, 0.3) is 0 Å². The number of aliphatic imine (C=N–C) groups is 1. The van der Waals surface area contributed by atoms with E-state index in [4.69, 9.17) is 0 Å². The summed E-state index contributed by atoms with van der Waals surface area (Å²) in [5, 5.41) is 9.27. The molecule has 142 valence electrons. The molecule has 10 heteroatoms. The molecule has 2 heterocycles. The van der Waals surface area contributed by atoms with Crippen LogP contribution < -0.4 is 15.4 Å². The van der Waals surface area contributed by atoms with E-state index >= 15 is 0 Å². The van der Waals surface area contributed by atoms with Crippen LogP contribution in [0.3, 0.4) is 0 Å². The molecule has 0 aliphatic rings. The molecular formula is C16H24N6O2S2. The molecule has 0 bridgehead atoms. The predicted molar refractivity (Wildman–Crippen MR) is 104 cm³/mol. The Bertz CT molecular complexity index is 818. The first-order chi connectivity index (χ1) is 12.4. The summed E-state index contributed by atoms with van der Waals surface area (Å²) in [5.74, 6) is 0.997. The van der Waals surface area contributed by atoms with Gasteiger partial charge < -0.3 is 10.6 Å². The van der Waals surface area contributed by atoms with Gasteiger partial charge in [-0.05, 0) is 18.1 Å². The van der Waals surface area contributed by atoms with Gasteiger partial charge in [0, 0.05) is 37.9 Å². The molecular weight excluding hydrogens is 372 g/mol. The van der Waals surface area contributed by atoms with E-state index in [2.05, 4.69) is 49.5 Å². The number of nitrogens with zero attached hydrogens (tertiary/aromatic N) is 3. The smallest absolute Gasteiger partial charge is 0.242 e. The maximum atomic E-state index is 12.1. The fourth-order valence-electron chi connectivity index (χ4n) is 2.01. The molecule has 2 aromatic rings. The van der Waals surface area contributed by atoms with Crippen LogP contribution >= 0.6 is 11.3 Å². The molecule has 0 saturated carbocycles. The Balaban J connectivity index is 1.75. The van der Waals surface area contributed by atoms with Crippen molar-refractivity contribution in [2.75, 3.05) is 20.1 Å². The number of thiazole rings is 1. The Kier molecular flexibility index (Phi) is 7.49. The summed E-state index contributed by atoms with van der Waals surface area (Å²) in [6.45, 7) is 5.41. The number of hydrogen-bond donors (Lipinski definition) is 3. The fraction of sp³-hybridized carbons (Fsp3) is 0.438. The second kappa shape index (κ2) is 9.60. The van der Waals surface area contributed by atoms with Crippen LogP contribution in [0.5, 0.6) is 0 Å². The molecule has 3 N–H and O–H groups in total. The Labute approximate surface area is 158 Å². The van der Waals surface area contributed by atoms with Crippen molar-refractivity contribution < 1.29 is 8.42 Å². The van der Waals surface area contributed by atoms with Gasteiger partial charge in [-0.2, -0.15) is 0 Å². The zero-order valence-electron chi connectivity index (χ0n) is 15.1. The molecule has 0 unspecified atom stereocenters. The zero-order chi connectivity index (χ0) is 19.0.